The molecule has 108 valence electrons. The van der Waals surface area contributed by atoms with Gasteiger partial charge in [0.25, 0.3) is 5.91 Å². The summed E-state index contributed by atoms with van der Waals surface area (Å²) < 4.78 is 5.43. The maximum Gasteiger partial charge on any atom is 0.322 e. The number of nitrogens with two attached hydrogens (primary N) is 1. The molecule has 0 aromatic heterocycles. The lowest BCUT2D eigenvalue weighted by molar-refractivity contribution is -0.124. The highest BCUT2D eigenvalue weighted by molar-refractivity contribution is 6.07. The molecule has 1 heterocycles. The van der Waals surface area contributed by atoms with Gasteiger partial charge in [-0.3, -0.25) is 10.1 Å². The average molecular weight is 277 g/mol. The summed E-state index contributed by atoms with van der Waals surface area (Å²) in [6, 6.07) is 3.31. The molecule has 1 aliphatic heterocycles. The Morgan fingerprint density at radius 2 is 2.00 bits per heavy atom. The third kappa shape index (κ3) is 2.12. The Kier molecular flexibility index (Phi) is 3.67. The third-order valence-corrected chi connectivity index (χ3v) is 3.54. The lowest BCUT2D eigenvalue weighted by Crippen LogP contribution is -2.45. The minimum absolute atomic E-state index is 0.268. The van der Waals surface area contributed by atoms with Gasteiger partial charge in [-0.15, -0.1) is 0 Å². The van der Waals surface area contributed by atoms with E-state index in [9.17, 15) is 9.59 Å². The van der Waals surface area contributed by atoms with Crippen molar-refractivity contribution >= 4 is 11.9 Å². The summed E-state index contributed by atoms with van der Waals surface area (Å²) in [5, 5.41) is 4.99. The maximum absolute atomic E-state index is 12.3. The zero-order valence-corrected chi connectivity index (χ0v) is 11.9. The number of nitrogens with one attached hydrogen (secondary N) is 2. The first-order valence-corrected chi connectivity index (χ1v) is 6.44. The second kappa shape index (κ2) is 5.13. The van der Waals surface area contributed by atoms with Gasteiger partial charge in [-0.1, -0.05) is 11.6 Å². The Morgan fingerprint density at radius 3 is 2.50 bits per heavy atom. The van der Waals surface area contributed by atoms with Crippen molar-refractivity contribution < 1.29 is 14.3 Å². The van der Waals surface area contributed by atoms with Crippen LogP contribution >= 0.6 is 0 Å². The first kappa shape index (κ1) is 14.3. The van der Waals surface area contributed by atoms with Crippen LogP contribution in [0.4, 0.5) is 4.79 Å². The number of benzene rings is 1. The summed E-state index contributed by atoms with van der Waals surface area (Å²) in [6.45, 7) is 4.10. The molecular formula is C14H19N3O3. The van der Waals surface area contributed by atoms with Gasteiger partial charge in [0, 0.05) is 5.56 Å². The fraction of sp³-hybridized carbons (Fsp3) is 0.429. The zero-order valence-electron chi connectivity index (χ0n) is 11.9. The van der Waals surface area contributed by atoms with E-state index >= 15 is 0 Å². The molecule has 0 radical (unpaired) electrons. The van der Waals surface area contributed by atoms with Crippen molar-refractivity contribution in [2.75, 3.05) is 13.7 Å². The van der Waals surface area contributed by atoms with E-state index in [0.717, 1.165) is 11.1 Å². The molecule has 0 aliphatic carbocycles. The number of hydrogen-bond acceptors (Lipinski definition) is 4. The number of amides is 3. The number of methoxy groups -OCH3 is 1. The van der Waals surface area contributed by atoms with Crippen LogP contribution < -0.4 is 21.1 Å². The lowest BCUT2D eigenvalue weighted by Gasteiger charge is -2.28. The van der Waals surface area contributed by atoms with Gasteiger partial charge < -0.3 is 15.8 Å². The van der Waals surface area contributed by atoms with Crippen molar-refractivity contribution in [2.45, 2.75) is 25.8 Å². The van der Waals surface area contributed by atoms with Crippen molar-refractivity contribution in [1.29, 1.82) is 0 Å². The van der Waals surface area contributed by atoms with Crippen LogP contribution in [0, 0.1) is 13.8 Å². The van der Waals surface area contributed by atoms with Crippen molar-refractivity contribution in [2.24, 2.45) is 5.73 Å². The topological polar surface area (TPSA) is 93.4 Å². The Bertz CT molecular complexity index is 571. The lowest BCUT2D eigenvalue weighted by atomic mass is 9.84. The van der Waals surface area contributed by atoms with Crippen LogP contribution in [0.15, 0.2) is 12.1 Å². The van der Waals surface area contributed by atoms with Crippen molar-refractivity contribution in [3.63, 3.8) is 0 Å². The molecular weight excluding hydrogens is 258 g/mol. The van der Waals surface area contributed by atoms with E-state index in [1.807, 2.05) is 26.0 Å². The molecule has 6 heteroatoms. The molecule has 1 aromatic carbocycles. The Hall–Kier alpha value is -2.08. The van der Waals surface area contributed by atoms with Crippen LogP contribution in [0.5, 0.6) is 5.75 Å². The number of imide groups is 1. The molecule has 4 N–H and O–H groups in total. The van der Waals surface area contributed by atoms with Crippen LogP contribution in [0.2, 0.25) is 0 Å². The van der Waals surface area contributed by atoms with Gasteiger partial charge in [-0.25, -0.2) is 4.79 Å². The van der Waals surface area contributed by atoms with E-state index in [2.05, 4.69) is 10.6 Å². The van der Waals surface area contributed by atoms with Gasteiger partial charge in [0.05, 0.1) is 7.11 Å². The molecule has 1 unspecified atom stereocenters. The number of carbonyl (C=O) groups excluding carboxylic acids is 2. The van der Waals surface area contributed by atoms with E-state index in [1.54, 1.807) is 7.11 Å². The quantitative estimate of drug-likeness (QED) is 0.706. The number of rotatable bonds is 4. The van der Waals surface area contributed by atoms with E-state index in [1.165, 1.54) is 0 Å². The zero-order chi connectivity index (χ0) is 14.9. The number of carbonyl (C=O) groups is 2. The molecule has 1 aliphatic rings. The van der Waals surface area contributed by atoms with E-state index in [-0.39, 0.29) is 6.54 Å². The minimum atomic E-state index is -1.16. The van der Waals surface area contributed by atoms with Crippen molar-refractivity contribution in [3.05, 3.63) is 28.8 Å². The van der Waals surface area contributed by atoms with E-state index < -0.39 is 17.5 Å². The van der Waals surface area contributed by atoms with Gasteiger partial charge in [0.15, 0.2) is 5.54 Å². The summed E-state index contributed by atoms with van der Waals surface area (Å²) in [5.41, 5.74) is 7.02. The number of hydrogen-bond donors (Lipinski definition) is 3. The first-order chi connectivity index (χ1) is 9.44. The summed E-state index contributed by atoms with van der Waals surface area (Å²) in [7, 11) is 1.55. The van der Waals surface area contributed by atoms with Crippen molar-refractivity contribution in [1.82, 2.24) is 10.6 Å². The second-order valence-electron chi connectivity index (χ2n) is 5.01. The maximum atomic E-state index is 12.3. The standard InChI is InChI=1S/C14H19N3O3/c1-8-6-9(2)11(20-3)10(7-8)14(4-5-15)12(18)16-13(19)17-14/h6-7H,4-5,15H2,1-3H3,(H2,16,17,18,19). The highest BCUT2D eigenvalue weighted by atomic mass is 16.5. The smallest absolute Gasteiger partial charge is 0.322 e. The molecule has 20 heavy (non-hydrogen) atoms. The van der Waals surface area contributed by atoms with Gasteiger partial charge in [0.1, 0.15) is 5.75 Å². The number of ether oxygens (including phenoxy) is 1. The molecule has 1 aromatic rings. The Labute approximate surface area is 117 Å². The monoisotopic (exact) mass is 277 g/mol. The van der Waals surface area contributed by atoms with Crippen LogP contribution in [0.25, 0.3) is 0 Å². The summed E-state index contributed by atoms with van der Waals surface area (Å²) >= 11 is 0. The van der Waals surface area contributed by atoms with Gasteiger partial charge in [-0.2, -0.15) is 0 Å². The molecule has 1 saturated heterocycles. The Morgan fingerprint density at radius 1 is 1.30 bits per heavy atom. The SMILES string of the molecule is COc1c(C)cc(C)cc1C1(CCN)NC(=O)NC1=O. The molecule has 6 nitrogen and oxygen atoms in total. The average Bonchev–Trinajstić information content (AvgIpc) is 2.64. The highest BCUT2D eigenvalue weighted by Crippen LogP contribution is 2.37. The molecule has 0 bridgehead atoms. The molecule has 0 saturated carbocycles. The first-order valence-electron chi connectivity index (χ1n) is 6.44. The van der Waals surface area contributed by atoms with Crippen LogP contribution in [0.3, 0.4) is 0 Å². The van der Waals surface area contributed by atoms with E-state index in [4.69, 9.17) is 10.5 Å². The molecule has 0 spiro atoms. The summed E-state index contributed by atoms with van der Waals surface area (Å²) in [6.07, 6.45) is 0.309. The number of urea groups is 1. The highest BCUT2D eigenvalue weighted by Gasteiger charge is 2.48. The fourth-order valence-corrected chi connectivity index (χ4v) is 2.75. The third-order valence-electron chi connectivity index (χ3n) is 3.54. The molecule has 3 amide bonds. The summed E-state index contributed by atoms with van der Waals surface area (Å²) in [5.74, 6) is 0.206. The predicted octanol–water partition coefficient (Wildman–Crippen LogP) is 0.696. The van der Waals surface area contributed by atoms with Gasteiger partial charge in [-0.05, 0) is 38.4 Å². The molecule has 1 fully saturated rings. The normalized spacial score (nSPS) is 21.6. The van der Waals surface area contributed by atoms with E-state index in [0.29, 0.717) is 17.7 Å². The number of aryl methyl sites for hydroxylation is 2. The Balaban J connectivity index is 2.67. The van der Waals surface area contributed by atoms with Crippen LogP contribution in [-0.2, 0) is 10.3 Å². The van der Waals surface area contributed by atoms with Crippen molar-refractivity contribution in [3.8, 4) is 5.75 Å². The minimum Gasteiger partial charge on any atom is -0.496 e. The van der Waals surface area contributed by atoms with Crippen LogP contribution in [-0.4, -0.2) is 25.6 Å². The molecule has 2 rings (SSSR count). The molecule has 1 atom stereocenters. The summed E-state index contributed by atoms with van der Waals surface area (Å²) in [4.78, 5) is 23.8. The fourth-order valence-electron chi connectivity index (χ4n) is 2.75. The van der Waals surface area contributed by atoms with Gasteiger partial charge >= 0.3 is 6.03 Å². The second-order valence-corrected chi connectivity index (χ2v) is 5.01. The van der Waals surface area contributed by atoms with Crippen LogP contribution in [0.1, 0.15) is 23.1 Å². The predicted molar refractivity (Wildman–Crippen MR) is 74.5 cm³/mol. The van der Waals surface area contributed by atoms with Gasteiger partial charge in [0.2, 0.25) is 0 Å². The largest absolute Gasteiger partial charge is 0.496 e.